The number of hydrogen-bond donors (Lipinski definition) is 1. The van der Waals surface area contributed by atoms with Gasteiger partial charge in [0.15, 0.2) is 0 Å². The molecular formula is C10H6ClN3. The highest BCUT2D eigenvalue weighted by molar-refractivity contribution is 6.35. The first-order valence-electron chi connectivity index (χ1n) is 4.23. The van der Waals surface area contributed by atoms with Crippen LogP contribution in [0.1, 0.15) is 0 Å². The zero-order valence-corrected chi connectivity index (χ0v) is 7.92. The van der Waals surface area contributed by atoms with Gasteiger partial charge in [0.05, 0.1) is 22.6 Å². The van der Waals surface area contributed by atoms with E-state index in [1.807, 2.05) is 24.3 Å². The number of nitrogens with one attached hydrogen (secondary N) is 1. The predicted octanol–water partition coefficient (Wildman–Crippen LogP) is 2.76. The third-order valence-electron chi connectivity index (χ3n) is 2.25. The Morgan fingerprint density at radius 1 is 1.14 bits per heavy atom. The monoisotopic (exact) mass is 203 g/mol. The van der Waals surface area contributed by atoms with E-state index in [2.05, 4.69) is 15.2 Å². The molecule has 3 aromatic rings. The molecule has 0 fully saturated rings. The van der Waals surface area contributed by atoms with Crippen molar-refractivity contribution >= 4 is 33.4 Å². The van der Waals surface area contributed by atoms with E-state index in [-0.39, 0.29) is 0 Å². The first kappa shape index (κ1) is 7.76. The van der Waals surface area contributed by atoms with Crippen LogP contribution >= 0.6 is 11.6 Å². The van der Waals surface area contributed by atoms with Gasteiger partial charge >= 0.3 is 0 Å². The Balaban J connectivity index is 2.66. The molecule has 1 aromatic carbocycles. The second-order valence-corrected chi connectivity index (χ2v) is 3.44. The van der Waals surface area contributed by atoms with E-state index in [0.29, 0.717) is 5.15 Å². The Morgan fingerprint density at radius 2 is 2.00 bits per heavy atom. The lowest BCUT2D eigenvalue weighted by atomic mass is 10.2. The number of H-pyrrole nitrogens is 1. The largest absolute Gasteiger partial charge is 0.277 e. The van der Waals surface area contributed by atoms with Gasteiger partial charge < -0.3 is 0 Å². The van der Waals surface area contributed by atoms with E-state index in [1.165, 1.54) is 0 Å². The van der Waals surface area contributed by atoms with Crippen molar-refractivity contribution in [2.24, 2.45) is 0 Å². The second-order valence-electron chi connectivity index (χ2n) is 3.08. The highest BCUT2D eigenvalue weighted by atomic mass is 35.5. The van der Waals surface area contributed by atoms with Gasteiger partial charge in [-0.25, -0.2) is 4.98 Å². The van der Waals surface area contributed by atoms with Crippen molar-refractivity contribution in [2.45, 2.75) is 0 Å². The lowest BCUT2D eigenvalue weighted by Crippen LogP contribution is -1.81. The minimum Gasteiger partial charge on any atom is -0.277 e. The maximum atomic E-state index is 6.01. The highest BCUT2D eigenvalue weighted by Gasteiger charge is 2.06. The van der Waals surface area contributed by atoms with Gasteiger partial charge in [0, 0.05) is 5.39 Å². The van der Waals surface area contributed by atoms with Crippen LogP contribution in [0.3, 0.4) is 0 Å². The third kappa shape index (κ3) is 0.930. The molecule has 0 saturated heterocycles. The molecule has 68 valence electrons. The van der Waals surface area contributed by atoms with Gasteiger partial charge in [0.2, 0.25) is 0 Å². The van der Waals surface area contributed by atoms with E-state index in [1.54, 1.807) is 6.20 Å². The zero-order chi connectivity index (χ0) is 9.54. The van der Waals surface area contributed by atoms with Crippen molar-refractivity contribution in [2.75, 3.05) is 0 Å². The molecule has 3 rings (SSSR count). The minimum atomic E-state index is 0.493. The summed E-state index contributed by atoms with van der Waals surface area (Å²) < 4.78 is 0. The maximum absolute atomic E-state index is 6.01. The molecule has 1 N–H and O–H groups in total. The Labute approximate surface area is 84.7 Å². The molecular weight excluding hydrogens is 198 g/mol. The van der Waals surface area contributed by atoms with E-state index in [0.717, 1.165) is 21.8 Å². The fourth-order valence-corrected chi connectivity index (χ4v) is 1.83. The molecule has 0 unspecified atom stereocenters. The summed E-state index contributed by atoms with van der Waals surface area (Å²) in [4.78, 5) is 4.28. The van der Waals surface area contributed by atoms with Crippen LogP contribution < -0.4 is 0 Å². The van der Waals surface area contributed by atoms with Gasteiger partial charge in [0.1, 0.15) is 5.15 Å². The molecule has 0 atom stereocenters. The van der Waals surface area contributed by atoms with Crippen LogP contribution in [0, 0.1) is 0 Å². The van der Waals surface area contributed by atoms with Crippen molar-refractivity contribution in [3.8, 4) is 0 Å². The molecule has 0 aliphatic heterocycles. The molecule has 3 nitrogen and oxygen atoms in total. The normalized spacial score (nSPS) is 11.2. The van der Waals surface area contributed by atoms with Gasteiger partial charge in [-0.3, -0.25) is 5.10 Å². The Bertz CT molecular complexity index is 615. The summed E-state index contributed by atoms with van der Waals surface area (Å²) in [6, 6.07) is 7.84. The van der Waals surface area contributed by atoms with Crippen LogP contribution in [0.15, 0.2) is 30.5 Å². The zero-order valence-electron chi connectivity index (χ0n) is 7.16. The molecule has 14 heavy (non-hydrogen) atoms. The first-order valence-corrected chi connectivity index (χ1v) is 4.61. The van der Waals surface area contributed by atoms with Gasteiger partial charge in [-0.15, -0.1) is 0 Å². The molecule has 0 amide bonds. The fraction of sp³-hybridized carbons (Fsp3) is 0. The van der Waals surface area contributed by atoms with Gasteiger partial charge in [-0.05, 0) is 6.07 Å². The van der Waals surface area contributed by atoms with Crippen molar-refractivity contribution < 1.29 is 0 Å². The molecule has 0 aliphatic rings. The molecule has 0 spiro atoms. The summed E-state index contributed by atoms with van der Waals surface area (Å²) in [5, 5.41) is 9.30. The average Bonchev–Trinajstić information content (AvgIpc) is 2.67. The molecule has 4 heteroatoms. The number of halogens is 1. The van der Waals surface area contributed by atoms with Crippen molar-refractivity contribution in [3.63, 3.8) is 0 Å². The number of benzene rings is 1. The summed E-state index contributed by atoms with van der Waals surface area (Å²) in [5.41, 5.74) is 1.83. The number of rotatable bonds is 0. The van der Waals surface area contributed by atoms with Crippen molar-refractivity contribution in [1.29, 1.82) is 0 Å². The van der Waals surface area contributed by atoms with Gasteiger partial charge in [0.25, 0.3) is 0 Å². The molecule has 0 aliphatic carbocycles. The Kier molecular flexibility index (Phi) is 1.49. The summed E-state index contributed by atoms with van der Waals surface area (Å²) >= 11 is 6.01. The topological polar surface area (TPSA) is 41.6 Å². The summed E-state index contributed by atoms with van der Waals surface area (Å²) in [6.45, 7) is 0. The Morgan fingerprint density at radius 3 is 2.93 bits per heavy atom. The third-order valence-corrected chi connectivity index (χ3v) is 2.54. The smallest absolute Gasteiger partial charge is 0.140 e. The van der Waals surface area contributed by atoms with Crippen LogP contribution in [0.25, 0.3) is 21.8 Å². The fourth-order valence-electron chi connectivity index (χ4n) is 1.60. The molecule has 2 aromatic heterocycles. The van der Waals surface area contributed by atoms with Crippen LogP contribution in [0.5, 0.6) is 0 Å². The summed E-state index contributed by atoms with van der Waals surface area (Å²) in [7, 11) is 0. The minimum absolute atomic E-state index is 0.493. The number of hydrogen-bond acceptors (Lipinski definition) is 2. The number of pyridine rings is 1. The van der Waals surface area contributed by atoms with Gasteiger partial charge in [-0.1, -0.05) is 29.8 Å². The lowest BCUT2D eigenvalue weighted by molar-refractivity contribution is 1.12. The average molecular weight is 204 g/mol. The first-order chi connectivity index (χ1) is 6.86. The Hall–Kier alpha value is -1.61. The number of para-hydroxylation sites is 1. The predicted molar refractivity (Wildman–Crippen MR) is 56.4 cm³/mol. The molecule has 0 radical (unpaired) electrons. The van der Waals surface area contributed by atoms with Crippen LogP contribution in [-0.4, -0.2) is 15.2 Å². The van der Waals surface area contributed by atoms with E-state index >= 15 is 0 Å². The number of fused-ring (bicyclic) bond motifs is 3. The standard InChI is InChI=1S/C10H6ClN3/c11-10-7-5-12-14-9(7)6-3-1-2-4-8(6)13-10/h1-5H,(H,12,14). The van der Waals surface area contributed by atoms with Crippen LogP contribution in [0.2, 0.25) is 5.15 Å². The highest BCUT2D eigenvalue weighted by Crippen LogP contribution is 2.26. The van der Waals surface area contributed by atoms with Crippen molar-refractivity contribution in [3.05, 3.63) is 35.6 Å². The van der Waals surface area contributed by atoms with Crippen molar-refractivity contribution in [1.82, 2.24) is 15.2 Å². The lowest BCUT2D eigenvalue weighted by Gasteiger charge is -1.99. The molecule has 0 saturated carbocycles. The SMILES string of the molecule is Clc1nc2ccccc2c2[nH]ncc12. The maximum Gasteiger partial charge on any atom is 0.140 e. The summed E-state index contributed by atoms with van der Waals surface area (Å²) in [6.07, 6.45) is 1.69. The van der Waals surface area contributed by atoms with Crippen LogP contribution in [0.4, 0.5) is 0 Å². The quantitative estimate of drug-likeness (QED) is 0.571. The number of nitrogens with zero attached hydrogens (tertiary/aromatic N) is 2. The van der Waals surface area contributed by atoms with E-state index in [9.17, 15) is 0 Å². The summed E-state index contributed by atoms with van der Waals surface area (Å²) in [5.74, 6) is 0. The number of aromatic nitrogens is 3. The van der Waals surface area contributed by atoms with Gasteiger partial charge in [-0.2, -0.15) is 5.10 Å². The van der Waals surface area contributed by atoms with E-state index in [4.69, 9.17) is 11.6 Å². The molecule has 0 bridgehead atoms. The second kappa shape index (κ2) is 2.69. The van der Waals surface area contributed by atoms with Crippen LogP contribution in [-0.2, 0) is 0 Å². The van der Waals surface area contributed by atoms with E-state index < -0.39 is 0 Å². The molecule has 2 heterocycles. The number of aromatic amines is 1.